The summed E-state index contributed by atoms with van der Waals surface area (Å²) in [4.78, 5) is 13.8. The zero-order chi connectivity index (χ0) is 10.2. The molecular formula is C11H19NO2. The van der Waals surface area contributed by atoms with Crippen LogP contribution in [0.4, 0.5) is 0 Å². The highest BCUT2D eigenvalue weighted by Gasteiger charge is 2.45. The fourth-order valence-corrected chi connectivity index (χ4v) is 3.10. The van der Waals surface area contributed by atoms with E-state index in [-0.39, 0.29) is 11.9 Å². The Morgan fingerprint density at radius 1 is 1.50 bits per heavy atom. The van der Waals surface area contributed by atoms with E-state index in [0.717, 1.165) is 12.8 Å². The van der Waals surface area contributed by atoms with Gasteiger partial charge in [0, 0.05) is 6.54 Å². The van der Waals surface area contributed by atoms with Crippen LogP contribution in [-0.2, 0) is 9.53 Å². The third-order valence-corrected chi connectivity index (χ3v) is 3.87. The molecule has 0 radical (unpaired) electrons. The fourth-order valence-electron chi connectivity index (χ4n) is 3.10. The van der Waals surface area contributed by atoms with Crippen molar-refractivity contribution in [2.24, 2.45) is 11.3 Å². The van der Waals surface area contributed by atoms with Crippen molar-refractivity contribution >= 4 is 5.97 Å². The summed E-state index contributed by atoms with van der Waals surface area (Å²) in [5.74, 6) is 0.169. The summed E-state index contributed by atoms with van der Waals surface area (Å²) < 4.78 is 4.81. The number of esters is 1. The number of nitrogens with zero attached hydrogens (tertiary/aromatic N) is 1. The maximum Gasteiger partial charge on any atom is 0.308 e. The molecule has 80 valence electrons. The Hall–Kier alpha value is -0.570. The molecule has 14 heavy (non-hydrogen) atoms. The van der Waals surface area contributed by atoms with Gasteiger partial charge < -0.3 is 9.64 Å². The smallest absolute Gasteiger partial charge is 0.308 e. The Labute approximate surface area is 85.4 Å². The van der Waals surface area contributed by atoms with Gasteiger partial charge in [0.2, 0.25) is 0 Å². The Balaban J connectivity index is 1.97. The van der Waals surface area contributed by atoms with Gasteiger partial charge in [-0.3, -0.25) is 4.79 Å². The molecule has 3 nitrogen and oxygen atoms in total. The van der Waals surface area contributed by atoms with Crippen molar-refractivity contribution in [3.63, 3.8) is 0 Å². The van der Waals surface area contributed by atoms with E-state index in [0.29, 0.717) is 5.41 Å². The Morgan fingerprint density at radius 2 is 2.29 bits per heavy atom. The second-order valence-corrected chi connectivity index (χ2v) is 4.95. The number of rotatable bonds is 1. The highest BCUT2D eigenvalue weighted by Crippen LogP contribution is 2.47. The van der Waals surface area contributed by atoms with Gasteiger partial charge in [0.1, 0.15) is 0 Å². The average molecular weight is 197 g/mol. The van der Waals surface area contributed by atoms with Crippen molar-refractivity contribution in [2.75, 3.05) is 27.2 Å². The summed E-state index contributed by atoms with van der Waals surface area (Å²) in [5, 5.41) is 0. The maximum atomic E-state index is 11.4. The van der Waals surface area contributed by atoms with Gasteiger partial charge in [-0.05, 0) is 44.7 Å². The van der Waals surface area contributed by atoms with Crippen molar-refractivity contribution in [1.82, 2.24) is 4.90 Å². The molecule has 2 aliphatic rings. The summed E-state index contributed by atoms with van der Waals surface area (Å²) in [6.07, 6.45) is 4.54. The number of carbonyl (C=O) groups is 1. The average Bonchev–Trinajstić information content (AvgIpc) is 2.74. The number of hydrogen-bond donors (Lipinski definition) is 0. The minimum atomic E-state index is -0.00331. The molecule has 3 heteroatoms. The van der Waals surface area contributed by atoms with Crippen molar-refractivity contribution in [1.29, 1.82) is 0 Å². The van der Waals surface area contributed by atoms with Gasteiger partial charge in [-0.2, -0.15) is 0 Å². The van der Waals surface area contributed by atoms with Crippen LogP contribution in [0.25, 0.3) is 0 Å². The molecule has 2 rings (SSSR count). The van der Waals surface area contributed by atoms with E-state index in [4.69, 9.17) is 4.74 Å². The first kappa shape index (κ1) is 9.97. The summed E-state index contributed by atoms with van der Waals surface area (Å²) in [5.41, 5.74) is 0.438. The molecule has 0 aromatic carbocycles. The predicted molar refractivity (Wildman–Crippen MR) is 53.9 cm³/mol. The maximum absolute atomic E-state index is 11.4. The van der Waals surface area contributed by atoms with Crippen LogP contribution in [0.5, 0.6) is 0 Å². The topological polar surface area (TPSA) is 29.5 Å². The Kier molecular flexibility index (Phi) is 2.52. The molecule has 1 heterocycles. The molecule has 1 aliphatic carbocycles. The fraction of sp³-hybridized carbons (Fsp3) is 0.909. The molecule has 0 aromatic heterocycles. The monoisotopic (exact) mass is 197 g/mol. The van der Waals surface area contributed by atoms with Crippen LogP contribution in [0.15, 0.2) is 0 Å². The quantitative estimate of drug-likeness (QED) is 0.593. The van der Waals surface area contributed by atoms with Gasteiger partial charge in [0.25, 0.3) is 0 Å². The lowest BCUT2D eigenvalue weighted by molar-refractivity contribution is -0.145. The van der Waals surface area contributed by atoms with Crippen molar-refractivity contribution < 1.29 is 9.53 Å². The molecule has 0 aromatic rings. The van der Waals surface area contributed by atoms with E-state index >= 15 is 0 Å². The van der Waals surface area contributed by atoms with Gasteiger partial charge in [-0.25, -0.2) is 0 Å². The number of hydrogen-bond acceptors (Lipinski definition) is 3. The van der Waals surface area contributed by atoms with Crippen LogP contribution in [0.3, 0.4) is 0 Å². The second-order valence-electron chi connectivity index (χ2n) is 4.95. The van der Waals surface area contributed by atoms with Gasteiger partial charge in [0.15, 0.2) is 0 Å². The lowest BCUT2D eigenvalue weighted by Gasteiger charge is -2.22. The molecule has 2 unspecified atom stereocenters. The SMILES string of the molecule is COC(=O)C1CCC2(CCN(C)C2)C1. The number of methoxy groups -OCH3 is 1. The van der Waals surface area contributed by atoms with Crippen LogP contribution in [0.1, 0.15) is 25.7 Å². The predicted octanol–water partition coefficient (Wildman–Crippen LogP) is 1.28. The van der Waals surface area contributed by atoms with Gasteiger partial charge in [-0.1, -0.05) is 0 Å². The first-order valence-electron chi connectivity index (χ1n) is 5.42. The minimum absolute atomic E-state index is 0.00331. The van der Waals surface area contributed by atoms with Crippen molar-refractivity contribution in [3.05, 3.63) is 0 Å². The van der Waals surface area contributed by atoms with E-state index in [1.54, 1.807) is 0 Å². The molecule has 2 fully saturated rings. The number of carbonyl (C=O) groups excluding carboxylic acids is 1. The van der Waals surface area contributed by atoms with Gasteiger partial charge >= 0.3 is 5.97 Å². The van der Waals surface area contributed by atoms with E-state index in [2.05, 4.69) is 11.9 Å². The normalized spacial score (nSPS) is 38.0. The minimum Gasteiger partial charge on any atom is -0.469 e. The molecule has 1 saturated carbocycles. The first-order valence-corrected chi connectivity index (χ1v) is 5.42. The molecule has 1 aliphatic heterocycles. The van der Waals surface area contributed by atoms with Crippen molar-refractivity contribution in [3.8, 4) is 0 Å². The highest BCUT2D eigenvalue weighted by atomic mass is 16.5. The third kappa shape index (κ3) is 1.65. The zero-order valence-electron chi connectivity index (χ0n) is 9.08. The van der Waals surface area contributed by atoms with E-state index in [1.807, 2.05) is 0 Å². The summed E-state index contributed by atoms with van der Waals surface area (Å²) >= 11 is 0. The van der Waals surface area contributed by atoms with Gasteiger partial charge in [-0.15, -0.1) is 0 Å². The number of ether oxygens (including phenoxy) is 1. The van der Waals surface area contributed by atoms with Crippen LogP contribution in [0, 0.1) is 11.3 Å². The lowest BCUT2D eigenvalue weighted by Crippen LogP contribution is -2.23. The van der Waals surface area contributed by atoms with Crippen molar-refractivity contribution in [2.45, 2.75) is 25.7 Å². The molecule has 0 bridgehead atoms. The molecule has 1 saturated heterocycles. The molecule has 0 amide bonds. The lowest BCUT2D eigenvalue weighted by atomic mass is 9.84. The zero-order valence-corrected chi connectivity index (χ0v) is 9.08. The second kappa shape index (κ2) is 3.54. The first-order chi connectivity index (χ1) is 6.65. The summed E-state index contributed by atoms with van der Waals surface area (Å²) in [6, 6.07) is 0. The van der Waals surface area contributed by atoms with Crippen LogP contribution in [-0.4, -0.2) is 38.1 Å². The molecule has 1 spiro atoms. The molecule has 0 N–H and O–H groups in total. The van der Waals surface area contributed by atoms with E-state index in [9.17, 15) is 4.79 Å². The highest BCUT2D eigenvalue weighted by molar-refractivity contribution is 5.72. The van der Waals surface area contributed by atoms with Crippen LogP contribution < -0.4 is 0 Å². The van der Waals surface area contributed by atoms with Gasteiger partial charge in [0.05, 0.1) is 13.0 Å². The molecule has 2 atom stereocenters. The Morgan fingerprint density at radius 3 is 2.86 bits per heavy atom. The number of likely N-dealkylation sites (tertiary alicyclic amines) is 1. The van der Waals surface area contributed by atoms with Crippen LogP contribution in [0.2, 0.25) is 0 Å². The third-order valence-electron chi connectivity index (χ3n) is 3.87. The largest absolute Gasteiger partial charge is 0.469 e. The summed E-state index contributed by atoms with van der Waals surface area (Å²) in [7, 11) is 3.66. The van der Waals surface area contributed by atoms with E-state index < -0.39 is 0 Å². The molecular weight excluding hydrogens is 178 g/mol. The summed E-state index contributed by atoms with van der Waals surface area (Å²) in [6.45, 7) is 2.36. The van der Waals surface area contributed by atoms with Crippen LogP contribution >= 0.6 is 0 Å². The van der Waals surface area contributed by atoms with E-state index in [1.165, 1.54) is 33.0 Å². The Bertz CT molecular complexity index is 241. The standard InChI is InChI=1S/C11H19NO2/c1-12-6-5-11(8-12)4-3-9(7-11)10(13)14-2/h9H,3-8H2,1-2H3.